The van der Waals surface area contributed by atoms with Crippen molar-refractivity contribution in [3.05, 3.63) is 72.6 Å². The number of piperazine rings is 1. The molecule has 8 nitrogen and oxygen atoms in total. The number of carbonyl (C=O) groups excluding carboxylic acids is 1. The maximum atomic E-state index is 14.3. The molecule has 5 rings (SSSR count). The molecule has 10 heteroatoms. The fourth-order valence-corrected chi connectivity index (χ4v) is 4.63. The van der Waals surface area contributed by atoms with Crippen molar-refractivity contribution in [2.24, 2.45) is 0 Å². The number of anilines is 3. The fourth-order valence-electron chi connectivity index (χ4n) is 4.63. The number of carbonyl (C=O) groups is 1. The van der Waals surface area contributed by atoms with Crippen LogP contribution in [0, 0.1) is 11.6 Å². The van der Waals surface area contributed by atoms with Crippen LogP contribution in [0.15, 0.2) is 60.9 Å². The van der Waals surface area contributed by atoms with Crippen molar-refractivity contribution >= 4 is 34.0 Å². The summed E-state index contributed by atoms with van der Waals surface area (Å²) in [5.74, 6) is 0.116. The van der Waals surface area contributed by atoms with Crippen molar-refractivity contribution in [1.29, 1.82) is 0 Å². The van der Waals surface area contributed by atoms with Gasteiger partial charge in [-0.3, -0.25) is 9.69 Å². The molecule has 0 unspecified atom stereocenters. The Balaban J connectivity index is 1.31. The van der Waals surface area contributed by atoms with Crippen LogP contribution in [0.2, 0.25) is 0 Å². The van der Waals surface area contributed by atoms with Crippen LogP contribution in [0.5, 0.6) is 5.75 Å². The summed E-state index contributed by atoms with van der Waals surface area (Å²) in [6.07, 6.45) is 2.24. The Hall–Kier alpha value is -4.31. The third kappa shape index (κ3) is 5.91. The monoisotopic (exact) mass is 532 g/mol. The zero-order valence-corrected chi connectivity index (χ0v) is 21.9. The number of ether oxygens (including phenoxy) is 1. The highest BCUT2D eigenvalue weighted by molar-refractivity contribution is 5.95. The van der Waals surface area contributed by atoms with E-state index in [1.807, 2.05) is 26.2 Å². The summed E-state index contributed by atoms with van der Waals surface area (Å²) in [6, 6.07) is 14.5. The lowest BCUT2D eigenvalue weighted by Gasteiger charge is -2.31. The van der Waals surface area contributed by atoms with E-state index in [-0.39, 0.29) is 11.5 Å². The average molecular weight is 533 g/mol. The van der Waals surface area contributed by atoms with E-state index in [0.29, 0.717) is 41.5 Å². The van der Waals surface area contributed by atoms with E-state index in [2.05, 4.69) is 25.5 Å². The van der Waals surface area contributed by atoms with Crippen LogP contribution in [0.25, 0.3) is 22.0 Å². The fraction of sp³-hybridized carbons (Fsp3) is 0.276. The minimum atomic E-state index is -0.622. The van der Waals surface area contributed by atoms with Gasteiger partial charge < -0.3 is 20.3 Å². The summed E-state index contributed by atoms with van der Waals surface area (Å²) in [6.45, 7) is 3.34. The molecular formula is C29H30F2N6O2. The van der Waals surface area contributed by atoms with Crippen molar-refractivity contribution in [2.75, 3.05) is 57.5 Å². The molecule has 0 spiro atoms. The molecule has 39 heavy (non-hydrogen) atoms. The van der Waals surface area contributed by atoms with Crippen LogP contribution in [0.4, 0.5) is 26.0 Å². The molecule has 1 fully saturated rings. The van der Waals surface area contributed by atoms with Crippen LogP contribution in [-0.4, -0.2) is 72.6 Å². The van der Waals surface area contributed by atoms with Crippen LogP contribution < -0.4 is 15.4 Å². The van der Waals surface area contributed by atoms with Gasteiger partial charge in [-0.2, -0.15) is 0 Å². The van der Waals surface area contributed by atoms with E-state index in [9.17, 15) is 13.6 Å². The van der Waals surface area contributed by atoms with E-state index in [1.165, 1.54) is 24.5 Å². The normalized spacial score (nSPS) is 14.1. The molecule has 4 aromatic rings. The van der Waals surface area contributed by atoms with Gasteiger partial charge in [-0.15, -0.1) is 0 Å². The highest BCUT2D eigenvalue weighted by Crippen LogP contribution is 2.34. The number of hydrogen-bond donors (Lipinski definition) is 2. The summed E-state index contributed by atoms with van der Waals surface area (Å²) in [5.41, 5.74) is 2.43. The summed E-state index contributed by atoms with van der Waals surface area (Å²) in [5, 5.41) is 7.19. The Labute approximate surface area is 225 Å². The van der Waals surface area contributed by atoms with E-state index < -0.39 is 11.6 Å². The number of aromatic nitrogens is 2. The van der Waals surface area contributed by atoms with Gasteiger partial charge in [0, 0.05) is 50.9 Å². The zero-order valence-electron chi connectivity index (χ0n) is 21.9. The lowest BCUT2D eigenvalue weighted by molar-refractivity contribution is -0.134. The standard InChI is InChI=1S/C29H30F2N6O2/c1-32-25-15-21-24(16-26(25)39-13-5-10-37-12-11-36(2)27(38)17-37)33-18-34-29(21)35-20-7-3-6-19(14-20)28-22(30)8-4-9-23(28)31/h3-4,6-9,14-16,18,32H,5,10-13,17H2,1-2H3,(H,33,34,35). The van der Waals surface area contributed by atoms with Gasteiger partial charge in [0.25, 0.3) is 0 Å². The summed E-state index contributed by atoms with van der Waals surface area (Å²) in [7, 11) is 3.64. The molecule has 1 saturated heterocycles. The number of fused-ring (bicyclic) bond motifs is 1. The Morgan fingerprint density at radius 1 is 1.03 bits per heavy atom. The molecule has 1 aromatic heterocycles. The van der Waals surface area contributed by atoms with Crippen molar-refractivity contribution in [3.8, 4) is 16.9 Å². The second-order valence-electron chi connectivity index (χ2n) is 9.43. The Kier molecular flexibility index (Phi) is 7.83. The predicted octanol–water partition coefficient (Wildman–Crippen LogP) is 4.90. The average Bonchev–Trinajstić information content (AvgIpc) is 2.93. The minimum absolute atomic E-state index is 0.0767. The topological polar surface area (TPSA) is 82.6 Å². The Morgan fingerprint density at radius 3 is 2.59 bits per heavy atom. The number of benzene rings is 3. The largest absolute Gasteiger partial charge is 0.491 e. The number of likely N-dealkylation sites (N-methyl/N-ethyl adjacent to an activating group) is 1. The lowest BCUT2D eigenvalue weighted by Crippen LogP contribution is -2.48. The number of nitrogens with one attached hydrogen (secondary N) is 2. The first-order valence-corrected chi connectivity index (χ1v) is 12.8. The zero-order chi connectivity index (χ0) is 27.4. The molecule has 0 radical (unpaired) electrons. The highest BCUT2D eigenvalue weighted by atomic mass is 19.1. The molecule has 0 bridgehead atoms. The molecule has 0 saturated carbocycles. The molecule has 1 amide bonds. The first-order chi connectivity index (χ1) is 18.9. The van der Waals surface area contributed by atoms with Gasteiger partial charge in [-0.1, -0.05) is 18.2 Å². The summed E-state index contributed by atoms with van der Waals surface area (Å²) in [4.78, 5) is 24.6. The van der Waals surface area contributed by atoms with Gasteiger partial charge in [-0.05, 0) is 42.3 Å². The number of hydrogen-bond acceptors (Lipinski definition) is 7. The molecule has 3 aromatic carbocycles. The van der Waals surface area contributed by atoms with Crippen LogP contribution >= 0.6 is 0 Å². The van der Waals surface area contributed by atoms with Crippen molar-refractivity contribution < 1.29 is 18.3 Å². The van der Waals surface area contributed by atoms with Gasteiger partial charge in [0.15, 0.2) is 0 Å². The van der Waals surface area contributed by atoms with Crippen LogP contribution in [0.3, 0.4) is 0 Å². The van der Waals surface area contributed by atoms with Crippen molar-refractivity contribution in [3.63, 3.8) is 0 Å². The molecule has 2 heterocycles. The third-order valence-electron chi connectivity index (χ3n) is 6.80. The summed E-state index contributed by atoms with van der Waals surface area (Å²) < 4.78 is 34.8. The van der Waals surface area contributed by atoms with Gasteiger partial charge in [-0.25, -0.2) is 18.7 Å². The third-order valence-corrected chi connectivity index (χ3v) is 6.80. The Bertz CT molecular complexity index is 1480. The minimum Gasteiger partial charge on any atom is -0.491 e. The predicted molar refractivity (Wildman–Crippen MR) is 148 cm³/mol. The van der Waals surface area contributed by atoms with Crippen molar-refractivity contribution in [2.45, 2.75) is 6.42 Å². The van der Waals surface area contributed by atoms with E-state index >= 15 is 0 Å². The maximum Gasteiger partial charge on any atom is 0.236 e. The van der Waals surface area contributed by atoms with Crippen LogP contribution in [0.1, 0.15) is 6.42 Å². The van der Waals surface area contributed by atoms with E-state index in [4.69, 9.17) is 4.74 Å². The number of rotatable bonds is 9. The molecule has 1 aliphatic rings. The molecule has 0 aliphatic carbocycles. The van der Waals surface area contributed by atoms with Gasteiger partial charge in [0.05, 0.1) is 29.9 Å². The Morgan fingerprint density at radius 2 is 1.82 bits per heavy atom. The second kappa shape index (κ2) is 11.6. The molecular weight excluding hydrogens is 502 g/mol. The molecule has 202 valence electrons. The van der Waals surface area contributed by atoms with Gasteiger partial charge in [0.2, 0.25) is 5.91 Å². The SMILES string of the molecule is CNc1cc2c(Nc3cccc(-c4c(F)cccc4F)c3)ncnc2cc1OCCCN1CCN(C)C(=O)C1. The second-order valence-corrected chi connectivity index (χ2v) is 9.43. The molecule has 0 atom stereocenters. The molecule has 1 aliphatic heterocycles. The first-order valence-electron chi connectivity index (χ1n) is 12.8. The maximum absolute atomic E-state index is 14.3. The van der Waals surface area contributed by atoms with Gasteiger partial charge in [0.1, 0.15) is 29.5 Å². The summed E-state index contributed by atoms with van der Waals surface area (Å²) >= 11 is 0. The number of halogens is 2. The van der Waals surface area contributed by atoms with Crippen LogP contribution in [-0.2, 0) is 4.79 Å². The number of nitrogens with zero attached hydrogens (tertiary/aromatic N) is 4. The molecule has 2 N–H and O–H groups in total. The highest BCUT2D eigenvalue weighted by Gasteiger charge is 2.20. The number of amides is 1. The van der Waals surface area contributed by atoms with E-state index in [1.54, 1.807) is 29.2 Å². The lowest BCUT2D eigenvalue weighted by atomic mass is 10.0. The first kappa shape index (κ1) is 26.3. The van der Waals surface area contributed by atoms with E-state index in [0.717, 1.165) is 37.1 Å². The van der Waals surface area contributed by atoms with Gasteiger partial charge >= 0.3 is 0 Å². The quantitative estimate of drug-likeness (QED) is 0.297. The van der Waals surface area contributed by atoms with Crippen molar-refractivity contribution in [1.82, 2.24) is 19.8 Å². The smallest absolute Gasteiger partial charge is 0.236 e.